The summed E-state index contributed by atoms with van der Waals surface area (Å²) < 4.78 is 5.76. The molecule has 0 amide bonds. The Hall–Kier alpha value is -0.560. The van der Waals surface area contributed by atoms with Crippen molar-refractivity contribution in [1.29, 1.82) is 0 Å². The molecule has 2 aliphatic rings. The number of allylic oxidation sites excluding steroid dienone is 3. The summed E-state index contributed by atoms with van der Waals surface area (Å²) >= 11 is 0. The van der Waals surface area contributed by atoms with Crippen LogP contribution < -0.4 is 0 Å². The molecule has 0 spiro atoms. The molecule has 0 aromatic heterocycles. The predicted octanol–water partition coefficient (Wildman–Crippen LogP) is 6.55. The van der Waals surface area contributed by atoms with E-state index in [1.54, 1.807) is 0 Å². The van der Waals surface area contributed by atoms with E-state index in [2.05, 4.69) is 38.2 Å². The molecule has 0 bridgehead atoms. The SMILES string of the molecule is C/C=C\COCC1CCC(C2CCC(CC/C=C/C)CC2)CC1. The van der Waals surface area contributed by atoms with Crippen LogP contribution in [0.4, 0.5) is 0 Å². The van der Waals surface area contributed by atoms with Crippen LogP contribution in [0, 0.1) is 23.7 Å². The van der Waals surface area contributed by atoms with Crippen LogP contribution in [0.3, 0.4) is 0 Å². The summed E-state index contributed by atoms with van der Waals surface area (Å²) in [5.41, 5.74) is 0. The smallest absolute Gasteiger partial charge is 0.0647 e. The predicted molar refractivity (Wildman–Crippen MR) is 101 cm³/mol. The first-order valence-corrected chi connectivity index (χ1v) is 10.1. The average Bonchev–Trinajstić information content (AvgIpc) is 2.60. The molecule has 0 aliphatic heterocycles. The van der Waals surface area contributed by atoms with Gasteiger partial charge in [0, 0.05) is 6.61 Å². The largest absolute Gasteiger partial charge is 0.377 e. The summed E-state index contributed by atoms with van der Waals surface area (Å²) in [5, 5.41) is 0. The van der Waals surface area contributed by atoms with Crippen LogP contribution in [0.15, 0.2) is 24.3 Å². The Balaban J connectivity index is 1.59. The monoisotopic (exact) mass is 318 g/mol. The fourth-order valence-electron chi connectivity index (χ4n) is 4.67. The summed E-state index contributed by atoms with van der Waals surface area (Å²) in [6.07, 6.45) is 23.2. The average molecular weight is 319 g/mol. The normalized spacial score (nSPS) is 32.8. The van der Waals surface area contributed by atoms with Gasteiger partial charge in [-0.15, -0.1) is 0 Å². The van der Waals surface area contributed by atoms with Crippen molar-refractivity contribution >= 4 is 0 Å². The van der Waals surface area contributed by atoms with Gasteiger partial charge in [-0.2, -0.15) is 0 Å². The highest BCUT2D eigenvalue weighted by Crippen LogP contribution is 2.42. The highest BCUT2D eigenvalue weighted by Gasteiger charge is 2.30. The Bertz CT molecular complexity index is 341. The summed E-state index contributed by atoms with van der Waals surface area (Å²) in [4.78, 5) is 0. The first-order chi connectivity index (χ1) is 11.3. The Morgan fingerprint density at radius 1 is 0.739 bits per heavy atom. The van der Waals surface area contributed by atoms with E-state index >= 15 is 0 Å². The van der Waals surface area contributed by atoms with E-state index in [9.17, 15) is 0 Å². The third-order valence-corrected chi connectivity index (χ3v) is 6.23. The van der Waals surface area contributed by atoms with Gasteiger partial charge in [-0.05, 0) is 88.9 Å². The van der Waals surface area contributed by atoms with Crippen molar-refractivity contribution in [2.45, 2.75) is 78.1 Å². The van der Waals surface area contributed by atoms with E-state index in [-0.39, 0.29) is 0 Å². The minimum Gasteiger partial charge on any atom is -0.377 e. The molecule has 0 atom stereocenters. The lowest BCUT2D eigenvalue weighted by Gasteiger charge is -2.37. The molecule has 2 rings (SSSR count). The fraction of sp³-hybridized carbons (Fsp3) is 0.818. The Morgan fingerprint density at radius 3 is 1.87 bits per heavy atom. The molecule has 0 radical (unpaired) electrons. The van der Waals surface area contributed by atoms with Crippen molar-refractivity contribution in [3.05, 3.63) is 24.3 Å². The van der Waals surface area contributed by atoms with Crippen molar-refractivity contribution in [2.24, 2.45) is 23.7 Å². The Labute approximate surface area is 144 Å². The van der Waals surface area contributed by atoms with Gasteiger partial charge in [-0.1, -0.05) is 37.1 Å². The number of ether oxygens (including phenoxy) is 1. The zero-order valence-corrected chi connectivity index (χ0v) is 15.5. The fourth-order valence-corrected chi connectivity index (χ4v) is 4.67. The van der Waals surface area contributed by atoms with E-state index in [1.165, 1.54) is 64.2 Å². The highest BCUT2D eigenvalue weighted by molar-refractivity contribution is 4.84. The van der Waals surface area contributed by atoms with Gasteiger partial charge < -0.3 is 4.74 Å². The molecule has 0 heterocycles. The Morgan fingerprint density at radius 2 is 1.30 bits per heavy atom. The molecule has 2 saturated carbocycles. The Kier molecular flexibility index (Phi) is 9.04. The summed E-state index contributed by atoms with van der Waals surface area (Å²) in [6, 6.07) is 0. The molecule has 0 aromatic rings. The van der Waals surface area contributed by atoms with E-state index < -0.39 is 0 Å². The topological polar surface area (TPSA) is 9.23 Å². The standard InChI is InChI=1S/C22H38O/c1-3-5-7-8-19-9-13-21(14-10-19)22-15-11-20(12-16-22)18-23-17-6-4-2/h3-6,19-22H,7-18H2,1-2H3/b5-3+,6-4-. The lowest BCUT2D eigenvalue weighted by atomic mass is 9.69. The van der Waals surface area contributed by atoms with Gasteiger partial charge in [0.15, 0.2) is 0 Å². The van der Waals surface area contributed by atoms with Crippen LogP contribution in [-0.2, 0) is 4.74 Å². The van der Waals surface area contributed by atoms with Crippen molar-refractivity contribution in [3.8, 4) is 0 Å². The molecule has 0 N–H and O–H groups in total. The van der Waals surface area contributed by atoms with Gasteiger partial charge in [0.2, 0.25) is 0 Å². The van der Waals surface area contributed by atoms with Gasteiger partial charge >= 0.3 is 0 Å². The maximum Gasteiger partial charge on any atom is 0.0647 e. The summed E-state index contributed by atoms with van der Waals surface area (Å²) in [5.74, 6) is 3.91. The minimum absolute atomic E-state index is 0.799. The molecule has 1 nitrogen and oxygen atoms in total. The quantitative estimate of drug-likeness (QED) is 0.364. The second kappa shape index (κ2) is 11.1. The number of hydrogen-bond donors (Lipinski definition) is 0. The zero-order valence-electron chi connectivity index (χ0n) is 15.5. The first-order valence-electron chi connectivity index (χ1n) is 10.1. The van der Waals surface area contributed by atoms with Crippen molar-refractivity contribution < 1.29 is 4.74 Å². The third kappa shape index (κ3) is 6.83. The molecular weight excluding hydrogens is 280 g/mol. The third-order valence-electron chi connectivity index (χ3n) is 6.23. The lowest BCUT2D eigenvalue weighted by Crippen LogP contribution is -2.27. The zero-order chi connectivity index (χ0) is 16.3. The van der Waals surface area contributed by atoms with Crippen molar-refractivity contribution in [3.63, 3.8) is 0 Å². The minimum atomic E-state index is 0.799. The second-order valence-electron chi connectivity index (χ2n) is 7.81. The van der Waals surface area contributed by atoms with E-state index in [0.717, 1.165) is 36.9 Å². The first kappa shape index (κ1) is 18.8. The van der Waals surface area contributed by atoms with Crippen LogP contribution in [0.1, 0.15) is 78.1 Å². The second-order valence-corrected chi connectivity index (χ2v) is 7.81. The molecule has 2 fully saturated rings. The van der Waals surface area contributed by atoms with E-state index in [1.807, 2.05) is 0 Å². The molecule has 0 aromatic carbocycles. The molecular formula is C22H38O. The van der Waals surface area contributed by atoms with Crippen molar-refractivity contribution in [2.75, 3.05) is 13.2 Å². The summed E-state index contributed by atoms with van der Waals surface area (Å²) in [6.45, 7) is 5.98. The lowest BCUT2D eigenvalue weighted by molar-refractivity contribution is 0.0780. The van der Waals surface area contributed by atoms with Crippen LogP contribution in [-0.4, -0.2) is 13.2 Å². The van der Waals surface area contributed by atoms with Gasteiger partial charge in [-0.25, -0.2) is 0 Å². The number of hydrogen-bond acceptors (Lipinski definition) is 1. The van der Waals surface area contributed by atoms with Crippen LogP contribution in [0.2, 0.25) is 0 Å². The van der Waals surface area contributed by atoms with E-state index in [0.29, 0.717) is 0 Å². The molecule has 0 saturated heterocycles. The molecule has 0 unspecified atom stereocenters. The number of rotatable bonds is 8. The van der Waals surface area contributed by atoms with Crippen molar-refractivity contribution in [1.82, 2.24) is 0 Å². The maximum absolute atomic E-state index is 5.76. The molecule has 132 valence electrons. The molecule has 23 heavy (non-hydrogen) atoms. The van der Waals surface area contributed by atoms with Crippen LogP contribution >= 0.6 is 0 Å². The van der Waals surface area contributed by atoms with Crippen LogP contribution in [0.25, 0.3) is 0 Å². The van der Waals surface area contributed by atoms with Gasteiger partial charge in [-0.3, -0.25) is 0 Å². The molecule has 2 aliphatic carbocycles. The van der Waals surface area contributed by atoms with Crippen LogP contribution in [0.5, 0.6) is 0 Å². The van der Waals surface area contributed by atoms with Gasteiger partial charge in [0.25, 0.3) is 0 Å². The van der Waals surface area contributed by atoms with Gasteiger partial charge in [0.05, 0.1) is 6.61 Å². The van der Waals surface area contributed by atoms with Gasteiger partial charge in [0.1, 0.15) is 0 Å². The molecule has 1 heteroatoms. The maximum atomic E-state index is 5.76. The van der Waals surface area contributed by atoms with E-state index in [4.69, 9.17) is 4.74 Å². The highest BCUT2D eigenvalue weighted by atomic mass is 16.5. The summed E-state index contributed by atoms with van der Waals surface area (Å²) in [7, 11) is 0.